The number of nitrogens with zero attached hydrogens (tertiary/aromatic N) is 1. The van der Waals surface area contributed by atoms with E-state index in [0.29, 0.717) is 30.6 Å². The Morgan fingerprint density at radius 1 is 0.914 bits per heavy atom. The summed E-state index contributed by atoms with van der Waals surface area (Å²) in [6.45, 7) is 1.99. The SMILES string of the molecule is Cc1ccc(C(=O)C2CC3CCC(C2)N3C(=O)OCC2c3ccccc3-c3ccccc32)cc1F. The Morgan fingerprint density at radius 2 is 1.51 bits per heavy atom. The Morgan fingerprint density at radius 3 is 2.11 bits per heavy atom. The summed E-state index contributed by atoms with van der Waals surface area (Å²) in [7, 11) is 0. The predicted octanol–water partition coefficient (Wildman–Crippen LogP) is 6.51. The lowest BCUT2D eigenvalue weighted by Crippen LogP contribution is -2.48. The van der Waals surface area contributed by atoms with Crippen LogP contribution in [0.2, 0.25) is 0 Å². The summed E-state index contributed by atoms with van der Waals surface area (Å²) in [5.41, 5.74) is 5.75. The molecule has 1 amide bonds. The highest BCUT2D eigenvalue weighted by molar-refractivity contribution is 5.98. The standard InChI is InChI=1S/C30H28FNO3/c1-18-10-11-19(16-28(18)31)29(33)20-14-21-12-13-22(15-20)32(21)30(34)35-17-27-25-8-4-2-6-23(25)24-7-3-5-9-26(24)27/h2-11,16,20-22,27H,12-15,17H2,1H3. The van der Waals surface area contributed by atoms with Crippen LogP contribution in [0.5, 0.6) is 0 Å². The molecule has 178 valence electrons. The first kappa shape index (κ1) is 22.0. The fourth-order valence-electron chi connectivity index (χ4n) is 6.34. The number of Topliss-reactive ketones (excluding diaryl/α,β-unsaturated/α-hetero) is 1. The van der Waals surface area contributed by atoms with Crippen LogP contribution in [0.1, 0.15) is 58.6 Å². The third-order valence-electron chi connectivity index (χ3n) is 8.11. The molecular formula is C30H28FNO3. The van der Waals surface area contributed by atoms with Gasteiger partial charge in [-0.1, -0.05) is 60.7 Å². The summed E-state index contributed by atoms with van der Waals surface area (Å²) < 4.78 is 19.9. The minimum absolute atomic E-state index is 0.00588. The highest BCUT2D eigenvalue weighted by Gasteiger charge is 2.46. The van der Waals surface area contributed by atoms with Gasteiger partial charge in [0.15, 0.2) is 5.78 Å². The van der Waals surface area contributed by atoms with Gasteiger partial charge in [0, 0.05) is 29.5 Å². The van der Waals surface area contributed by atoms with Crippen LogP contribution in [0.3, 0.4) is 0 Å². The smallest absolute Gasteiger partial charge is 0.410 e. The Balaban J connectivity index is 1.14. The second-order valence-electron chi connectivity index (χ2n) is 10.1. The minimum atomic E-state index is -0.352. The summed E-state index contributed by atoms with van der Waals surface area (Å²) in [6, 6.07) is 21.3. The number of aryl methyl sites for hydroxylation is 1. The zero-order valence-corrected chi connectivity index (χ0v) is 19.7. The van der Waals surface area contributed by atoms with E-state index < -0.39 is 0 Å². The van der Waals surface area contributed by atoms with Crippen molar-refractivity contribution in [3.8, 4) is 11.1 Å². The normalized spacial score (nSPS) is 22.6. The first-order valence-electron chi connectivity index (χ1n) is 12.4. The summed E-state index contributed by atoms with van der Waals surface area (Å²) in [4.78, 5) is 28.2. The van der Waals surface area contributed by atoms with Gasteiger partial charge in [-0.05, 0) is 66.5 Å². The Bertz CT molecular complexity index is 1260. The van der Waals surface area contributed by atoms with Crippen molar-refractivity contribution in [2.24, 2.45) is 5.92 Å². The quantitative estimate of drug-likeness (QED) is 0.409. The summed E-state index contributed by atoms with van der Waals surface area (Å²) in [5, 5.41) is 0. The van der Waals surface area contributed by atoms with E-state index in [1.807, 2.05) is 29.2 Å². The van der Waals surface area contributed by atoms with Crippen molar-refractivity contribution in [3.63, 3.8) is 0 Å². The molecule has 2 bridgehead atoms. The third kappa shape index (κ3) is 3.74. The number of hydrogen-bond donors (Lipinski definition) is 0. The van der Waals surface area contributed by atoms with Crippen molar-refractivity contribution in [3.05, 3.63) is 94.8 Å². The molecular weight excluding hydrogens is 441 g/mol. The number of carbonyl (C=O) groups is 2. The molecule has 35 heavy (non-hydrogen) atoms. The molecule has 0 spiro atoms. The molecule has 0 saturated carbocycles. The van der Waals surface area contributed by atoms with Crippen molar-refractivity contribution in [1.82, 2.24) is 4.90 Å². The van der Waals surface area contributed by atoms with Gasteiger partial charge in [0.05, 0.1) is 0 Å². The second-order valence-corrected chi connectivity index (χ2v) is 10.1. The van der Waals surface area contributed by atoms with E-state index >= 15 is 0 Å². The lowest BCUT2D eigenvalue weighted by atomic mass is 9.84. The van der Waals surface area contributed by atoms with Crippen molar-refractivity contribution < 1.29 is 18.7 Å². The fraction of sp³-hybridized carbons (Fsp3) is 0.333. The Kier molecular flexibility index (Phi) is 5.43. The van der Waals surface area contributed by atoms with Gasteiger partial charge in [-0.25, -0.2) is 9.18 Å². The lowest BCUT2D eigenvalue weighted by molar-refractivity contribution is 0.0506. The number of piperidine rings is 1. The Hall–Kier alpha value is -3.47. The number of amides is 1. The number of hydrogen-bond acceptors (Lipinski definition) is 3. The maximum Gasteiger partial charge on any atom is 0.410 e. The van der Waals surface area contributed by atoms with Crippen LogP contribution in [0.25, 0.3) is 11.1 Å². The molecule has 0 radical (unpaired) electrons. The highest BCUT2D eigenvalue weighted by atomic mass is 19.1. The maximum absolute atomic E-state index is 14.0. The van der Waals surface area contributed by atoms with Crippen LogP contribution in [-0.4, -0.2) is 35.5 Å². The van der Waals surface area contributed by atoms with Gasteiger partial charge >= 0.3 is 6.09 Å². The van der Waals surface area contributed by atoms with Crippen molar-refractivity contribution >= 4 is 11.9 Å². The largest absolute Gasteiger partial charge is 0.448 e. The second kappa shape index (κ2) is 8.63. The number of benzene rings is 3. The summed E-state index contributed by atoms with van der Waals surface area (Å²) in [5.74, 6) is -0.533. The first-order valence-corrected chi connectivity index (χ1v) is 12.4. The van der Waals surface area contributed by atoms with E-state index in [2.05, 4.69) is 24.3 Å². The van der Waals surface area contributed by atoms with E-state index in [1.54, 1.807) is 19.1 Å². The molecule has 2 fully saturated rings. The lowest BCUT2D eigenvalue weighted by Gasteiger charge is -2.37. The van der Waals surface area contributed by atoms with Crippen LogP contribution in [-0.2, 0) is 4.74 Å². The van der Waals surface area contributed by atoms with Crippen LogP contribution >= 0.6 is 0 Å². The topological polar surface area (TPSA) is 46.6 Å². The van der Waals surface area contributed by atoms with E-state index in [9.17, 15) is 14.0 Å². The van der Waals surface area contributed by atoms with Crippen LogP contribution in [0.4, 0.5) is 9.18 Å². The molecule has 0 aromatic heterocycles. The number of carbonyl (C=O) groups excluding carboxylic acids is 2. The van der Waals surface area contributed by atoms with E-state index in [0.717, 1.165) is 12.8 Å². The molecule has 6 rings (SSSR count). The zero-order valence-electron chi connectivity index (χ0n) is 19.7. The van der Waals surface area contributed by atoms with Crippen LogP contribution < -0.4 is 0 Å². The van der Waals surface area contributed by atoms with Gasteiger partial charge in [0.1, 0.15) is 12.4 Å². The van der Waals surface area contributed by atoms with Gasteiger partial charge in [-0.2, -0.15) is 0 Å². The molecule has 4 nitrogen and oxygen atoms in total. The predicted molar refractivity (Wildman–Crippen MR) is 132 cm³/mol. The molecule has 2 unspecified atom stereocenters. The van der Waals surface area contributed by atoms with Gasteiger partial charge in [0.25, 0.3) is 0 Å². The zero-order chi connectivity index (χ0) is 24.1. The van der Waals surface area contributed by atoms with Crippen molar-refractivity contribution in [2.75, 3.05) is 6.61 Å². The molecule has 3 aliphatic rings. The molecule has 2 saturated heterocycles. The van der Waals surface area contributed by atoms with Gasteiger partial charge in [-0.15, -0.1) is 0 Å². The fourth-order valence-corrected chi connectivity index (χ4v) is 6.34. The molecule has 3 aromatic rings. The van der Waals surface area contributed by atoms with Crippen molar-refractivity contribution in [1.29, 1.82) is 0 Å². The molecule has 1 aliphatic carbocycles. The molecule has 5 heteroatoms. The van der Waals surface area contributed by atoms with E-state index in [4.69, 9.17) is 4.74 Å². The number of rotatable bonds is 4. The molecule has 0 N–H and O–H groups in total. The minimum Gasteiger partial charge on any atom is -0.448 e. The Labute approximate surface area is 204 Å². The number of ketones is 1. The van der Waals surface area contributed by atoms with E-state index in [1.165, 1.54) is 28.3 Å². The van der Waals surface area contributed by atoms with Crippen LogP contribution in [0, 0.1) is 18.7 Å². The highest BCUT2D eigenvalue weighted by Crippen LogP contribution is 2.45. The average Bonchev–Trinajstić information content (AvgIpc) is 3.34. The number of ether oxygens (including phenoxy) is 1. The summed E-state index contributed by atoms with van der Waals surface area (Å²) in [6.07, 6.45) is 2.68. The van der Waals surface area contributed by atoms with Gasteiger partial charge in [-0.3, -0.25) is 4.79 Å². The molecule has 2 aliphatic heterocycles. The molecule has 2 atom stereocenters. The van der Waals surface area contributed by atoms with Crippen molar-refractivity contribution in [2.45, 2.75) is 50.6 Å². The molecule has 3 aromatic carbocycles. The number of fused-ring (bicyclic) bond motifs is 5. The molecule has 2 heterocycles. The van der Waals surface area contributed by atoms with E-state index in [-0.39, 0.29) is 41.6 Å². The number of halogens is 1. The van der Waals surface area contributed by atoms with Gasteiger partial charge in [0.2, 0.25) is 0 Å². The average molecular weight is 470 g/mol. The van der Waals surface area contributed by atoms with Gasteiger partial charge < -0.3 is 9.64 Å². The first-order chi connectivity index (χ1) is 17.0. The monoisotopic (exact) mass is 469 g/mol. The van der Waals surface area contributed by atoms with Crippen LogP contribution in [0.15, 0.2) is 66.7 Å². The maximum atomic E-state index is 14.0. The summed E-state index contributed by atoms with van der Waals surface area (Å²) >= 11 is 0. The third-order valence-corrected chi connectivity index (χ3v) is 8.11.